The normalized spacial score (nSPS) is 18.6. The van der Waals surface area contributed by atoms with Gasteiger partial charge in [0.25, 0.3) is 11.8 Å². The summed E-state index contributed by atoms with van der Waals surface area (Å²) in [7, 11) is 0. The Balaban J connectivity index is 0.000000730. The Morgan fingerprint density at radius 2 is 1.60 bits per heavy atom. The van der Waals surface area contributed by atoms with E-state index >= 15 is 0 Å². The molecular formula is C19H26N2O4. The molecule has 1 N–H and O–H groups in total. The molecule has 0 bridgehead atoms. The summed E-state index contributed by atoms with van der Waals surface area (Å²) in [6.07, 6.45) is 1.06. The zero-order chi connectivity index (χ0) is 19.1. The van der Waals surface area contributed by atoms with Crippen molar-refractivity contribution < 1.29 is 19.2 Å². The number of hydrogen-bond acceptors (Lipinski definition) is 4. The van der Waals surface area contributed by atoms with E-state index in [1.165, 1.54) is 0 Å². The molecule has 1 saturated heterocycles. The van der Waals surface area contributed by atoms with E-state index in [4.69, 9.17) is 0 Å². The highest BCUT2D eigenvalue weighted by atomic mass is 16.2. The number of imide groups is 2. The fourth-order valence-electron chi connectivity index (χ4n) is 2.74. The molecule has 1 unspecified atom stereocenters. The number of amides is 4. The largest absolute Gasteiger partial charge is 0.295 e. The maximum atomic E-state index is 12.4. The zero-order valence-electron chi connectivity index (χ0n) is 15.5. The Hall–Kier alpha value is -2.50. The van der Waals surface area contributed by atoms with Crippen molar-refractivity contribution >= 4 is 23.6 Å². The van der Waals surface area contributed by atoms with Crippen molar-refractivity contribution in [2.75, 3.05) is 0 Å². The molecule has 1 fully saturated rings. The molecule has 0 spiro atoms. The Labute approximate surface area is 148 Å². The lowest BCUT2D eigenvalue weighted by Gasteiger charge is -2.27. The van der Waals surface area contributed by atoms with Crippen molar-refractivity contribution in [1.29, 1.82) is 0 Å². The van der Waals surface area contributed by atoms with E-state index in [0.717, 1.165) is 16.9 Å². The minimum atomic E-state index is -0.903. The smallest absolute Gasteiger partial charge is 0.262 e. The SMILES string of the molecule is CC.CC.CCc1ccc2c(c1)C(=O)N(C1CCC(=O)NC1=O)C2=O. The number of fused-ring (bicyclic) bond motifs is 1. The monoisotopic (exact) mass is 346 g/mol. The molecule has 136 valence electrons. The summed E-state index contributed by atoms with van der Waals surface area (Å²) >= 11 is 0. The average Bonchev–Trinajstić information content (AvgIpc) is 2.89. The van der Waals surface area contributed by atoms with Crippen molar-refractivity contribution in [3.05, 3.63) is 34.9 Å². The lowest BCUT2D eigenvalue weighted by Crippen LogP contribution is -2.54. The van der Waals surface area contributed by atoms with E-state index < -0.39 is 23.8 Å². The van der Waals surface area contributed by atoms with Gasteiger partial charge in [-0.25, -0.2) is 0 Å². The average molecular weight is 346 g/mol. The summed E-state index contributed by atoms with van der Waals surface area (Å²) in [5.41, 5.74) is 1.62. The molecule has 6 heteroatoms. The number of rotatable bonds is 2. The third-order valence-electron chi connectivity index (χ3n) is 3.91. The number of nitrogens with one attached hydrogen (secondary N) is 1. The van der Waals surface area contributed by atoms with Gasteiger partial charge in [0, 0.05) is 6.42 Å². The number of piperidine rings is 1. The van der Waals surface area contributed by atoms with Crippen LogP contribution in [0.25, 0.3) is 0 Å². The first kappa shape index (κ1) is 20.5. The molecule has 0 saturated carbocycles. The van der Waals surface area contributed by atoms with Crippen molar-refractivity contribution in [3.63, 3.8) is 0 Å². The van der Waals surface area contributed by atoms with Crippen molar-refractivity contribution in [3.8, 4) is 0 Å². The van der Waals surface area contributed by atoms with Crippen LogP contribution in [0.3, 0.4) is 0 Å². The summed E-state index contributed by atoms with van der Waals surface area (Å²) in [5.74, 6) is -1.88. The molecule has 6 nitrogen and oxygen atoms in total. The van der Waals surface area contributed by atoms with Crippen LogP contribution in [0.5, 0.6) is 0 Å². The van der Waals surface area contributed by atoms with E-state index in [2.05, 4.69) is 5.32 Å². The molecule has 3 rings (SSSR count). The van der Waals surface area contributed by atoms with E-state index in [0.29, 0.717) is 11.1 Å². The molecule has 1 aromatic carbocycles. The Bertz CT molecular complexity index is 682. The minimum Gasteiger partial charge on any atom is -0.295 e. The number of aryl methyl sites for hydroxylation is 1. The van der Waals surface area contributed by atoms with Crippen LogP contribution in [0.1, 0.15) is 73.7 Å². The van der Waals surface area contributed by atoms with Crippen LogP contribution < -0.4 is 5.32 Å². The lowest BCUT2D eigenvalue weighted by atomic mass is 10.0. The molecule has 1 atom stereocenters. The van der Waals surface area contributed by atoms with Gasteiger partial charge < -0.3 is 0 Å². The van der Waals surface area contributed by atoms with Crippen LogP contribution >= 0.6 is 0 Å². The Morgan fingerprint density at radius 1 is 1.00 bits per heavy atom. The molecule has 0 aliphatic carbocycles. The molecule has 0 aromatic heterocycles. The van der Waals surface area contributed by atoms with Crippen molar-refractivity contribution in [1.82, 2.24) is 10.2 Å². The van der Waals surface area contributed by atoms with Gasteiger partial charge in [0.2, 0.25) is 11.8 Å². The highest BCUT2D eigenvalue weighted by Crippen LogP contribution is 2.28. The van der Waals surface area contributed by atoms with Crippen LogP contribution in [0.2, 0.25) is 0 Å². The fraction of sp³-hybridized carbons (Fsp3) is 0.474. The van der Waals surface area contributed by atoms with Crippen molar-refractivity contribution in [2.45, 2.75) is 59.9 Å². The summed E-state index contributed by atoms with van der Waals surface area (Å²) in [4.78, 5) is 48.9. The van der Waals surface area contributed by atoms with E-state index in [1.54, 1.807) is 18.2 Å². The molecule has 0 radical (unpaired) electrons. The maximum absolute atomic E-state index is 12.4. The first-order valence-corrected chi connectivity index (χ1v) is 8.87. The van der Waals surface area contributed by atoms with Crippen LogP contribution in [0, 0.1) is 0 Å². The number of nitrogens with zero attached hydrogens (tertiary/aromatic N) is 1. The summed E-state index contributed by atoms with van der Waals surface area (Å²) in [5, 5.41) is 2.17. The van der Waals surface area contributed by atoms with Gasteiger partial charge in [-0.2, -0.15) is 0 Å². The van der Waals surface area contributed by atoms with E-state index in [1.807, 2.05) is 34.6 Å². The van der Waals surface area contributed by atoms with Gasteiger partial charge in [-0.3, -0.25) is 29.4 Å². The maximum Gasteiger partial charge on any atom is 0.262 e. The van der Waals surface area contributed by atoms with Gasteiger partial charge >= 0.3 is 0 Å². The number of benzene rings is 1. The zero-order valence-corrected chi connectivity index (χ0v) is 15.5. The molecule has 1 aromatic rings. The Morgan fingerprint density at radius 3 is 2.16 bits per heavy atom. The second-order valence-electron chi connectivity index (χ2n) is 5.18. The van der Waals surface area contributed by atoms with Gasteiger partial charge in [0.15, 0.2) is 0 Å². The molecule has 2 aliphatic rings. The molecule has 25 heavy (non-hydrogen) atoms. The molecule has 2 heterocycles. The highest BCUT2D eigenvalue weighted by Gasteiger charge is 2.44. The van der Waals surface area contributed by atoms with Crippen LogP contribution in [0.4, 0.5) is 0 Å². The predicted molar refractivity (Wildman–Crippen MR) is 95.2 cm³/mol. The van der Waals surface area contributed by atoms with E-state index in [-0.39, 0.29) is 18.7 Å². The minimum absolute atomic E-state index is 0.129. The quantitative estimate of drug-likeness (QED) is 0.835. The first-order chi connectivity index (χ1) is 12.0. The second-order valence-corrected chi connectivity index (χ2v) is 5.18. The van der Waals surface area contributed by atoms with Gasteiger partial charge in [-0.15, -0.1) is 0 Å². The second kappa shape index (κ2) is 9.11. The van der Waals surface area contributed by atoms with Crippen LogP contribution in [-0.2, 0) is 16.0 Å². The van der Waals surface area contributed by atoms with E-state index in [9.17, 15) is 19.2 Å². The highest BCUT2D eigenvalue weighted by molar-refractivity contribution is 6.23. The van der Waals surface area contributed by atoms with Gasteiger partial charge in [-0.1, -0.05) is 40.7 Å². The summed E-state index contributed by atoms with van der Waals surface area (Å²) in [6.45, 7) is 9.96. The summed E-state index contributed by atoms with van der Waals surface area (Å²) in [6, 6.07) is 4.22. The molecule has 4 amide bonds. The molecule has 2 aliphatic heterocycles. The number of carbonyl (C=O) groups is 4. The van der Waals surface area contributed by atoms with Crippen molar-refractivity contribution in [2.24, 2.45) is 0 Å². The Kier molecular flexibility index (Phi) is 7.48. The fourth-order valence-corrected chi connectivity index (χ4v) is 2.74. The van der Waals surface area contributed by atoms with Gasteiger partial charge in [0.05, 0.1) is 11.1 Å². The lowest BCUT2D eigenvalue weighted by molar-refractivity contribution is -0.136. The molecular weight excluding hydrogens is 320 g/mol. The predicted octanol–water partition coefficient (Wildman–Crippen LogP) is 2.70. The van der Waals surface area contributed by atoms with Gasteiger partial charge in [-0.05, 0) is 30.5 Å². The van der Waals surface area contributed by atoms with Gasteiger partial charge in [0.1, 0.15) is 6.04 Å². The summed E-state index contributed by atoms with van der Waals surface area (Å²) < 4.78 is 0. The third kappa shape index (κ3) is 3.95. The van der Waals surface area contributed by atoms with Crippen LogP contribution in [0.15, 0.2) is 18.2 Å². The number of carbonyl (C=O) groups excluding carboxylic acids is 4. The number of hydrogen-bond donors (Lipinski definition) is 1. The van der Waals surface area contributed by atoms with Crippen LogP contribution in [-0.4, -0.2) is 34.6 Å². The third-order valence-corrected chi connectivity index (χ3v) is 3.91. The standard InChI is InChI=1S/C15H14N2O4.2C2H6/c1-2-8-3-4-9-10(7-8)15(21)17(14(9)20)11-5-6-12(18)16-13(11)19;2*1-2/h3-4,7,11H,2,5-6H2,1H3,(H,16,18,19);2*1-2H3. The first-order valence-electron chi connectivity index (χ1n) is 8.87. The topological polar surface area (TPSA) is 83.6 Å².